The summed E-state index contributed by atoms with van der Waals surface area (Å²) in [6, 6.07) is 6.93. The van der Waals surface area contributed by atoms with Crippen molar-refractivity contribution >= 4 is 12.2 Å². The van der Waals surface area contributed by atoms with Crippen molar-refractivity contribution in [3.05, 3.63) is 42.5 Å². The van der Waals surface area contributed by atoms with E-state index >= 15 is 0 Å². The molecule has 0 bridgehead atoms. The fourth-order valence-electron chi connectivity index (χ4n) is 1.28. The van der Waals surface area contributed by atoms with Gasteiger partial charge in [-0.3, -0.25) is 0 Å². The fraction of sp³-hybridized carbons (Fsp3) is 0.167. The van der Waals surface area contributed by atoms with Gasteiger partial charge >= 0.3 is 5.97 Å². The van der Waals surface area contributed by atoms with Crippen LogP contribution in [0.25, 0.3) is 0 Å². The Bertz CT molecular complexity index is 563. The number of nitrogens with zero attached hydrogens (tertiary/aromatic N) is 4. The standard InChI is InChI=1S/C12H12N4O3/c1-9(12(17)18)19-11-4-2-10(3-5-11)6-15-16-7-13-14-8-16/h2-9H,1H3,(H,17,18)/t9-/m0/s1. The summed E-state index contributed by atoms with van der Waals surface area (Å²) in [7, 11) is 0. The van der Waals surface area contributed by atoms with Gasteiger partial charge in [-0.1, -0.05) is 0 Å². The highest BCUT2D eigenvalue weighted by molar-refractivity contribution is 5.79. The molecule has 1 N–H and O–H groups in total. The molecule has 1 aromatic carbocycles. The SMILES string of the molecule is C[C@H](Oc1ccc(C=Nn2cnnc2)cc1)C(=O)O. The first-order chi connectivity index (χ1) is 9.15. The topological polar surface area (TPSA) is 89.6 Å². The van der Waals surface area contributed by atoms with Crippen LogP contribution < -0.4 is 4.74 Å². The molecule has 0 aliphatic heterocycles. The predicted octanol–water partition coefficient (Wildman–Crippen LogP) is 1.01. The van der Waals surface area contributed by atoms with E-state index < -0.39 is 12.1 Å². The normalized spacial score (nSPS) is 12.5. The Kier molecular flexibility index (Phi) is 3.87. The number of carboxylic acids is 1. The highest BCUT2D eigenvalue weighted by atomic mass is 16.5. The van der Waals surface area contributed by atoms with Crippen LogP contribution in [-0.2, 0) is 4.79 Å². The summed E-state index contributed by atoms with van der Waals surface area (Å²) in [4.78, 5) is 10.6. The Morgan fingerprint density at radius 2 is 2.00 bits per heavy atom. The minimum absolute atomic E-state index is 0.497. The minimum atomic E-state index is -1.00. The number of rotatable bonds is 5. The maximum atomic E-state index is 10.6. The van der Waals surface area contributed by atoms with E-state index in [4.69, 9.17) is 9.84 Å². The molecule has 0 saturated carbocycles. The molecule has 7 nitrogen and oxygen atoms in total. The zero-order valence-corrected chi connectivity index (χ0v) is 10.2. The molecular formula is C12H12N4O3. The summed E-state index contributed by atoms with van der Waals surface area (Å²) in [5.74, 6) is -0.505. The van der Waals surface area contributed by atoms with Crippen LogP contribution >= 0.6 is 0 Å². The molecule has 0 spiro atoms. The maximum absolute atomic E-state index is 10.6. The second kappa shape index (κ2) is 5.76. The van der Waals surface area contributed by atoms with Crippen LogP contribution in [0.3, 0.4) is 0 Å². The largest absolute Gasteiger partial charge is 0.479 e. The fourth-order valence-corrected chi connectivity index (χ4v) is 1.28. The predicted molar refractivity (Wildman–Crippen MR) is 67.2 cm³/mol. The van der Waals surface area contributed by atoms with Crippen LogP contribution in [0.4, 0.5) is 0 Å². The van der Waals surface area contributed by atoms with Crippen LogP contribution in [-0.4, -0.2) is 38.3 Å². The molecule has 0 fully saturated rings. The molecule has 1 aromatic heterocycles. The number of carbonyl (C=O) groups is 1. The van der Waals surface area contributed by atoms with Gasteiger partial charge in [0.25, 0.3) is 0 Å². The van der Waals surface area contributed by atoms with Gasteiger partial charge in [0.1, 0.15) is 18.4 Å². The lowest BCUT2D eigenvalue weighted by molar-refractivity contribution is -0.144. The van der Waals surface area contributed by atoms with Gasteiger partial charge in [0, 0.05) is 0 Å². The van der Waals surface area contributed by atoms with Crippen molar-refractivity contribution in [3.63, 3.8) is 0 Å². The number of aliphatic carboxylic acids is 1. The molecular weight excluding hydrogens is 248 g/mol. The monoisotopic (exact) mass is 260 g/mol. The lowest BCUT2D eigenvalue weighted by Gasteiger charge is -2.09. The molecule has 0 saturated heterocycles. The molecule has 0 unspecified atom stereocenters. The molecule has 2 rings (SSSR count). The van der Waals surface area contributed by atoms with Crippen molar-refractivity contribution in [1.29, 1.82) is 0 Å². The first kappa shape index (κ1) is 12.7. The van der Waals surface area contributed by atoms with E-state index in [0.29, 0.717) is 5.75 Å². The number of hydrogen-bond acceptors (Lipinski definition) is 5. The summed E-state index contributed by atoms with van der Waals surface area (Å²) in [5.41, 5.74) is 0.851. The zero-order valence-electron chi connectivity index (χ0n) is 10.2. The van der Waals surface area contributed by atoms with Crippen LogP contribution in [0.1, 0.15) is 12.5 Å². The van der Waals surface area contributed by atoms with Crippen molar-refractivity contribution in [2.75, 3.05) is 0 Å². The Morgan fingerprint density at radius 1 is 1.37 bits per heavy atom. The highest BCUT2D eigenvalue weighted by Gasteiger charge is 2.11. The molecule has 7 heteroatoms. The Labute approximate surface area is 109 Å². The summed E-state index contributed by atoms with van der Waals surface area (Å²) < 4.78 is 6.68. The van der Waals surface area contributed by atoms with E-state index in [1.807, 2.05) is 0 Å². The first-order valence-electron chi connectivity index (χ1n) is 5.53. The second-order valence-corrected chi connectivity index (χ2v) is 3.75. The number of hydrogen-bond donors (Lipinski definition) is 1. The second-order valence-electron chi connectivity index (χ2n) is 3.75. The molecule has 0 aliphatic carbocycles. The van der Waals surface area contributed by atoms with Crippen molar-refractivity contribution in [2.45, 2.75) is 13.0 Å². The van der Waals surface area contributed by atoms with E-state index in [-0.39, 0.29) is 0 Å². The van der Waals surface area contributed by atoms with E-state index in [1.54, 1.807) is 30.5 Å². The number of carboxylic acid groups (broad SMARTS) is 1. The third kappa shape index (κ3) is 3.63. The van der Waals surface area contributed by atoms with Crippen molar-refractivity contribution in [3.8, 4) is 5.75 Å². The van der Waals surface area contributed by atoms with Crippen molar-refractivity contribution in [2.24, 2.45) is 5.10 Å². The molecule has 0 amide bonds. The van der Waals surface area contributed by atoms with Gasteiger partial charge in [-0.15, -0.1) is 10.2 Å². The summed E-state index contributed by atoms with van der Waals surface area (Å²) >= 11 is 0. The average Bonchev–Trinajstić information content (AvgIpc) is 2.91. The van der Waals surface area contributed by atoms with Gasteiger partial charge < -0.3 is 9.84 Å². The minimum Gasteiger partial charge on any atom is -0.479 e. The molecule has 0 aliphatic rings. The lowest BCUT2D eigenvalue weighted by Crippen LogP contribution is -2.22. The quantitative estimate of drug-likeness (QED) is 0.810. The molecule has 98 valence electrons. The van der Waals surface area contributed by atoms with Gasteiger partial charge in [-0.05, 0) is 36.8 Å². The van der Waals surface area contributed by atoms with E-state index in [9.17, 15) is 4.79 Å². The van der Waals surface area contributed by atoms with E-state index in [0.717, 1.165) is 5.56 Å². The van der Waals surface area contributed by atoms with E-state index in [2.05, 4.69) is 15.3 Å². The average molecular weight is 260 g/mol. The smallest absolute Gasteiger partial charge is 0.344 e. The summed E-state index contributed by atoms with van der Waals surface area (Å²) in [5, 5.41) is 20.1. The van der Waals surface area contributed by atoms with E-state index in [1.165, 1.54) is 24.3 Å². The molecule has 1 atom stereocenters. The van der Waals surface area contributed by atoms with Gasteiger partial charge in [0.15, 0.2) is 6.10 Å². The molecule has 0 radical (unpaired) electrons. The molecule has 2 aromatic rings. The van der Waals surface area contributed by atoms with Gasteiger partial charge in [0.2, 0.25) is 0 Å². The summed E-state index contributed by atoms with van der Waals surface area (Å²) in [6.07, 6.45) is 3.70. The van der Waals surface area contributed by atoms with Gasteiger partial charge in [0.05, 0.1) is 6.21 Å². The van der Waals surface area contributed by atoms with Crippen LogP contribution in [0.5, 0.6) is 5.75 Å². The highest BCUT2D eigenvalue weighted by Crippen LogP contribution is 2.13. The number of aromatic nitrogens is 3. The van der Waals surface area contributed by atoms with Gasteiger partial charge in [-0.2, -0.15) is 5.10 Å². The number of benzene rings is 1. The van der Waals surface area contributed by atoms with Gasteiger partial charge in [-0.25, -0.2) is 9.47 Å². The third-order valence-electron chi connectivity index (χ3n) is 2.29. The van der Waals surface area contributed by atoms with Crippen LogP contribution in [0.2, 0.25) is 0 Å². The van der Waals surface area contributed by atoms with Crippen molar-refractivity contribution < 1.29 is 14.6 Å². The third-order valence-corrected chi connectivity index (χ3v) is 2.29. The molecule has 1 heterocycles. The van der Waals surface area contributed by atoms with Crippen LogP contribution in [0, 0.1) is 0 Å². The lowest BCUT2D eigenvalue weighted by atomic mass is 10.2. The maximum Gasteiger partial charge on any atom is 0.344 e. The van der Waals surface area contributed by atoms with Crippen LogP contribution in [0.15, 0.2) is 42.0 Å². The first-order valence-corrected chi connectivity index (χ1v) is 5.53. The molecule has 19 heavy (non-hydrogen) atoms. The Balaban J connectivity index is 2.00. The Hall–Kier alpha value is -2.70. The summed E-state index contributed by atoms with van der Waals surface area (Å²) in [6.45, 7) is 1.48. The van der Waals surface area contributed by atoms with Crippen molar-refractivity contribution in [1.82, 2.24) is 14.9 Å². The number of ether oxygens (including phenoxy) is 1. The Morgan fingerprint density at radius 3 is 2.58 bits per heavy atom. The zero-order chi connectivity index (χ0) is 13.7.